The maximum atomic E-state index is 12.8. The first-order valence-electron chi connectivity index (χ1n) is 6.39. The largest absolute Gasteiger partial charge is 0.468 e. The summed E-state index contributed by atoms with van der Waals surface area (Å²) in [6.07, 6.45) is 0. The lowest BCUT2D eigenvalue weighted by atomic mass is 10.3. The molecule has 0 atom stereocenters. The molecular weight excluding hydrogens is 343 g/mol. The molecule has 0 saturated carbocycles. The molecule has 122 valence electrons. The SMILES string of the molecule is COC(=O)CNC(=O)CSc1nnc(Nc2ccc(F)cc2)s1. The van der Waals surface area contributed by atoms with E-state index in [0.717, 1.165) is 0 Å². The van der Waals surface area contributed by atoms with Crippen molar-refractivity contribution in [3.63, 3.8) is 0 Å². The quantitative estimate of drug-likeness (QED) is 0.577. The van der Waals surface area contributed by atoms with Crippen molar-refractivity contribution < 1.29 is 18.7 Å². The number of halogens is 1. The van der Waals surface area contributed by atoms with Crippen LogP contribution in [0.2, 0.25) is 0 Å². The first kappa shape index (κ1) is 17.2. The van der Waals surface area contributed by atoms with Crippen molar-refractivity contribution in [2.45, 2.75) is 4.34 Å². The molecule has 0 fully saturated rings. The van der Waals surface area contributed by atoms with Gasteiger partial charge in [0, 0.05) is 5.69 Å². The van der Waals surface area contributed by atoms with Crippen LogP contribution in [0.1, 0.15) is 0 Å². The molecule has 0 bridgehead atoms. The van der Waals surface area contributed by atoms with Gasteiger partial charge in [0.15, 0.2) is 4.34 Å². The van der Waals surface area contributed by atoms with E-state index in [2.05, 4.69) is 25.6 Å². The molecule has 0 unspecified atom stereocenters. The van der Waals surface area contributed by atoms with Crippen LogP contribution in [0.15, 0.2) is 28.6 Å². The van der Waals surface area contributed by atoms with E-state index in [1.807, 2.05) is 0 Å². The molecule has 2 N–H and O–H groups in total. The van der Waals surface area contributed by atoms with Gasteiger partial charge in [-0.1, -0.05) is 23.1 Å². The minimum atomic E-state index is -0.509. The highest BCUT2D eigenvalue weighted by Gasteiger charge is 2.09. The number of carbonyl (C=O) groups is 2. The summed E-state index contributed by atoms with van der Waals surface area (Å²) >= 11 is 2.47. The van der Waals surface area contributed by atoms with E-state index in [1.165, 1.54) is 42.3 Å². The molecule has 7 nitrogen and oxygen atoms in total. The average molecular weight is 356 g/mol. The highest BCUT2D eigenvalue weighted by Crippen LogP contribution is 2.27. The van der Waals surface area contributed by atoms with Crippen LogP contribution in [0.3, 0.4) is 0 Å². The third-order valence-corrected chi connectivity index (χ3v) is 4.46. The van der Waals surface area contributed by atoms with Crippen molar-refractivity contribution in [2.75, 3.05) is 24.7 Å². The highest BCUT2D eigenvalue weighted by molar-refractivity contribution is 8.01. The second kappa shape index (κ2) is 8.44. The third-order valence-electron chi connectivity index (χ3n) is 2.49. The van der Waals surface area contributed by atoms with E-state index in [9.17, 15) is 14.0 Å². The van der Waals surface area contributed by atoms with Crippen LogP contribution in [-0.2, 0) is 14.3 Å². The van der Waals surface area contributed by atoms with Crippen LogP contribution in [0.25, 0.3) is 0 Å². The minimum absolute atomic E-state index is 0.113. The molecular formula is C13H13FN4O3S2. The lowest BCUT2D eigenvalue weighted by molar-refractivity contribution is -0.140. The zero-order chi connectivity index (χ0) is 16.7. The number of esters is 1. The van der Waals surface area contributed by atoms with Crippen LogP contribution in [0.4, 0.5) is 15.2 Å². The number of nitrogens with one attached hydrogen (secondary N) is 2. The number of aromatic nitrogens is 2. The molecule has 1 aromatic heterocycles. The molecule has 0 aliphatic heterocycles. The van der Waals surface area contributed by atoms with Gasteiger partial charge < -0.3 is 15.4 Å². The van der Waals surface area contributed by atoms with E-state index in [-0.39, 0.29) is 24.0 Å². The van der Waals surface area contributed by atoms with Gasteiger partial charge in [-0.2, -0.15) is 0 Å². The van der Waals surface area contributed by atoms with E-state index >= 15 is 0 Å². The fourth-order valence-electron chi connectivity index (χ4n) is 1.40. The number of amides is 1. The summed E-state index contributed by atoms with van der Waals surface area (Å²) in [6, 6.07) is 5.85. The summed E-state index contributed by atoms with van der Waals surface area (Å²) in [6.45, 7) is -0.163. The Hall–Kier alpha value is -2.20. The molecule has 0 aliphatic carbocycles. The Morgan fingerprint density at radius 3 is 2.74 bits per heavy atom. The number of hydrogen-bond acceptors (Lipinski definition) is 8. The number of rotatable bonds is 7. The van der Waals surface area contributed by atoms with Gasteiger partial charge in [0.05, 0.1) is 12.9 Å². The molecule has 0 spiro atoms. The Bertz CT molecular complexity index is 678. The first-order chi connectivity index (χ1) is 11.1. The summed E-state index contributed by atoms with van der Waals surface area (Å²) in [4.78, 5) is 22.4. The number of benzene rings is 1. The van der Waals surface area contributed by atoms with Crippen molar-refractivity contribution in [2.24, 2.45) is 0 Å². The van der Waals surface area contributed by atoms with Crippen molar-refractivity contribution in [1.82, 2.24) is 15.5 Å². The van der Waals surface area contributed by atoms with Gasteiger partial charge in [-0.25, -0.2) is 4.39 Å². The van der Waals surface area contributed by atoms with Crippen molar-refractivity contribution >= 4 is 45.8 Å². The molecule has 2 rings (SSSR count). The van der Waals surface area contributed by atoms with Crippen LogP contribution in [-0.4, -0.2) is 41.5 Å². The normalized spacial score (nSPS) is 10.2. The van der Waals surface area contributed by atoms with Gasteiger partial charge in [0.25, 0.3) is 0 Å². The zero-order valence-corrected chi connectivity index (χ0v) is 13.7. The monoisotopic (exact) mass is 356 g/mol. The van der Waals surface area contributed by atoms with Crippen LogP contribution < -0.4 is 10.6 Å². The van der Waals surface area contributed by atoms with Crippen molar-refractivity contribution in [3.8, 4) is 0 Å². The number of nitrogens with zero attached hydrogens (tertiary/aromatic N) is 2. The molecule has 0 radical (unpaired) electrons. The Balaban J connectivity index is 1.79. The number of carbonyl (C=O) groups excluding carboxylic acids is 2. The van der Waals surface area contributed by atoms with Gasteiger partial charge in [0.2, 0.25) is 11.0 Å². The summed E-state index contributed by atoms with van der Waals surface area (Å²) in [5, 5.41) is 13.8. The topological polar surface area (TPSA) is 93.2 Å². The average Bonchev–Trinajstić information content (AvgIpc) is 3.00. The summed E-state index contributed by atoms with van der Waals surface area (Å²) in [5.41, 5.74) is 0.690. The molecule has 2 aromatic rings. The smallest absolute Gasteiger partial charge is 0.325 e. The predicted octanol–water partition coefficient (Wildman–Crippen LogP) is 1.80. The third kappa shape index (κ3) is 5.83. The molecule has 10 heteroatoms. The second-order valence-corrected chi connectivity index (χ2v) is 6.35. The number of hydrogen-bond donors (Lipinski definition) is 2. The van der Waals surface area contributed by atoms with Crippen molar-refractivity contribution in [3.05, 3.63) is 30.1 Å². The van der Waals surface area contributed by atoms with Gasteiger partial charge in [-0.05, 0) is 24.3 Å². The van der Waals surface area contributed by atoms with Crippen LogP contribution in [0, 0.1) is 5.82 Å². The Morgan fingerprint density at radius 2 is 2.04 bits per heavy atom. The minimum Gasteiger partial charge on any atom is -0.468 e. The fraction of sp³-hybridized carbons (Fsp3) is 0.231. The fourth-order valence-corrected chi connectivity index (χ4v) is 3.00. The van der Waals surface area contributed by atoms with Gasteiger partial charge in [-0.15, -0.1) is 10.2 Å². The molecule has 0 aliphatic rings. The molecule has 0 saturated heterocycles. The summed E-state index contributed by atoms with van der Waals surface area (Å²) < 4.78 is 17.8. The predicted molar refractivity (Wildman–Crippen MR) is 85.3 cm³/mol. The number of ether oxygens (including phenoxy) is 1. The molecule has 1 aromatic carbocycles. The number of methoxy groups -OCH3 is 1. The van der Waals surface area contributed by atoms with Crippen LogP contribution >= 0.6 is 23.1 Å². The Labute approximate surface area is 139 Å². The van der Waals surface area contributed by atoms with Gasteiger partial charge in [0.1, 0.15) is 12.4 Å². The zero-order valence-electron chi connectivity index (χ0n) is 12.0. The van der Waals surface area contributed by atoms with Gasteiger partial charge in [-0.3, -0.25) is 9.59 Å². The summed E-state index contributed by atoms with van der Waals surface area (Å²) in [5.74, 6) is -1.02. The standard InChI is InChI=1S/C13H13FN4O3S2/c1-21-11(20)6-15-10(19)7-22-13-18-17-12(23-13)16-9-4-2-8(14)3-5-9/h2-5H,6-7H2,1H3,(H,15,19)(H,16,17). The maximum absolute atomic E-state index is 12.8. The van der Waals surface area contributed by atoms with E-state index in [1.54, 1.807) is 12.1 Å². The van der Waals surface area contributed by atoms with E-state index in [0.29, 0.717) is 15.2 Å². The van der Waals surface area contributed by atoms with Crippen LogP contribution in [0.5, 0.6) is 0 Å². The van der Waals surface area contributed by atoms with Gasteiger partial charge >= 0.3 is 5.97 Å². The van der Waals surface area contributed by atoms with Crippen molar-refractivity contribution in [1.29, 1.82) is 0 Å². The number of anilines is 2. The first-order valence-corrected chi connectivity index (χ1v) is 8.19. The van der Waals surface area contributed by atoms with E-state index in [4.69, 9.17) is 0 Å². The Kier molecular flexibility index (Phi) is 6.29. The van der Waals surface area contributed by atoms with E-state index < -0.39 is 5.97 Å². The molecule has 1 amide bonds. The Morgan fingerprint density at radius 1 is 1.30 bits per heavy atom. The lowest BCUT2D eigenvalue weighted by Crippen LogP contribution is -2.31. The molecule has 1 heterocycles. The highest BCUT2D eigenvalue weighted by atomic mass is 32.2. The maximum Gasteiger partial charge on any atom is 0.325 e. The lowest BCUT2D eigenvalue weighted by Gasteiger charge is -2.02. The molecule has 23 heavy (non-hydrogen) atoms. The summed E-state index contributed by atoms with van der Waals surface area (Å²) in [7, 11) is 1.25. The number of thioether (sulfide) groups is 1. The second-order valence-electron chi connectivity index (χ2n) is 4.15.